The summed E-state index contributed by atoms with van der Waals surface area (Å²) in [5, 5.41) is 20.2. The van der Waals surface area contributed by atoms with Gasteiger partial charge in [-0.15, -0.1) is 0 Å². The predicted octanol–water partition coefficient (Wildman–Crippen LogP) is 3.76. The quantitative estimate of drug-likeness (QED) is 0.103. The van der Waals surface area contributed by atoms with Crippen molar-refractivity contribution in [2.75, 3.05) is 77.1 Å². The van der Waals surface area contributed by atoms with Crippen molar-refractivity contribution in [3.05, 3.63) is 83.2 Å². The number of hydrogen-bond donors (Lipinski definition) is 4. The second kappa shape index (κ2) is 18.5. The van der Waals surface area contributed by atoms with Crippen LogP contribution in [0.2, 0.25) is 0 Å². The van der Waals surface area contributed by atoms with Gasteiger partial charge >= 0.3 is 0 Å². The molecule has 286 valence electrons. The van der Waals surface area contributed by atoms with Gasteiger partial charge in [0.25, 0.3) is 0 Å². The van der Waals surface area contributed by atoms with Gasteiger partial charge in [-0.3, -0.25) is 30.2 Å². The van der Waals surface area contributed by atoms with E-state index in [1.54, 1.807) is 41.7 Å². The molecule has 1 fully saturated rings. The van der Waals surface area contributed by atoms with Crippen LogP contribution in [0.4, 0.5) is 11.5 Å². The van der Waals surface area contributed by atoms with Gasteiger partial charge < -0.3 is 25.6 Å². The van der Waals surface area contributed by atoms with Crippen LogP contribution in [-0.2, 0) is 9.59 Å². The summed E-state index contributed by atoms with van der Waals surface area (Å²) in [7, 11) is 4.01. The van der Waals surface area contributed by atoms with Crippen LogP contribution < -0.4 is 20.7 Å². The average molecular weight is 736 g/mol. The van der Waals surface area contributed by atoms with E-state index in [9.17, 15) is 9.59 Å². The molecule has 14 heteroatoms. The topological polar surface area (TPSA) is 180 Å². The van der Waals surface area contributed by atoms with E-state index in [0.29, 0.717) is 62.1 Å². The van der Waals surface area contributed by atoms with Crippen LogP contribution in [0.1, 0.15) is 56.0 Å². The first-order chi connectivity index (χ1) is 25.9. The van der Waals surface area contributed by atoms with Crippen LogP contribution in [-0.4, -0.2) is 127 Å². The number of benzene rings is 1. The highest BCUT2D eigenvalue weighted by Gasteiger charge is 2.34. The molecule has 0 bridgehead atoms. The number of amides is 2. The second-order valence-electron chi connectivity index (χ2n) is 14.1. The molecule has 0 spiro atoms. The Kier molecular flexibility index (Phi) is 13.6. The zero-order chi connectivity index (χ0) is 38.8. The van der Waals surface area contributed by atoms with Crippen molar-refractivity contribution in [1.82, 2.24) is 30.0 Å². The van der Waals surface area contributed by atoms with Crippen molar-refractivity contribution in [2.24, 2.45) is 10.9 Å². The van der Waals surface area contributed by atoms with Crippen LogP contribution in [0.15, 0.2) is 65.8 Å². The fourth-order valence-corrected chi connectivity index (χ4v) is 6.44. The van der Waals surface area contributed by atoms with Crippen molar-refractivity contribution in [3.63, 3.8) is 0 Å². The standard InChI is InChI=1S/C40H53N11O3/c1-6-51(34-13-12-33(41)38(47-34)37(42)31-11-14-35(45-23-31)54-27(2)3)40(53)32-15-19-49(24-32)25-36(52)50-20-16-29(17-21-50)28-7-9-30(10-8-28)39(43)46-26-44-18-22-48(4)5/h7-14,16,23,26-27,32,42H,6,15,17-22,24-25,41H2,1-5H3,(H2,43,44,46)/t32-/m1/s1. The lowest BCUT2D eigenvalue weighted by molar-refractivity contribution is -0.132. The molecule has 5 rings (SSSR count). The molecule has 1 atom stereocenters. The zero-order valence-electron chi connectivity index (χ0n) is 32.0. The van der Waals surface area contributed by atoms with Crippen LogP contribution in [0.25, 0.3) is 5.57 Å². The number of aromatic nitrogens is 2. The highest BCUT2D eigenvalue weighted by atomic mass is 16.5. The number of nitrogens with two attached hydrogens (primary N) is 1. The number of aliphatic imine (C=N–C) groups is 1. The summed E-state index contributed by atoms with van der Waals surface area (Å²) in [4.78, 5) is 48.0. The molecule has 1 saturated heterocycles. The lowest BCUT2D eigenvalue weighted by atomic mass is 9.98. The molecule has 5 N–H and O–H groups in total. The first-order valence-electron chi connectivity index (χ1n) is 18.5. The number of likely N-dealkylation sites (N-methyl/N-ethyl adjacent to an activating group) is 1. The molecule has 2 aromatic heterocycles. The number of carbonyl (C=O) groups excluding carboxylic acids is 2. The number of likely N-dealkylation sites (tertiary alicyclic amines) is 1. The van der Waals surface area contributed by atoms with Crippen LogP contribution in [0.5, 0.6) is 5.88 Å². The number of anilines is 2. The largest absolute Gasteiger partial charge is 0.475 e. The van der Waals surface area contributed by atoms with E-state index in [1.165, 1.54) is 5.57 Å². The summed E-state index contributed by atoms with van der Waals surface area (Å²) >= 11 is 0. The molecule has 0 aliphatic carbocycles. The van der Waals surface area contributed by atoms with Gasteiger partial charge in [-0.25, -0.2) is 15.0 Å². The lowest BCUT2D eigenvalue weighted by Crippen LogP contribution is -2.42. The maximum Gasteiger partial charge on any atom is 0.237 e. The number of pyridine rings is 2. The highest BCUT2D eigenvalue weighted by molar-refractivity contribution is 6.12. The van der Waals surface area contributed by atoms with Crippen LogP contribution in [0, 0.1) is 16.7 Å². The third-order valence-corrected chi connectivity index (χ3v) is 9.45. The molecule has 2 aliphatic rings. The van der Waals surface area contributed by atoms with Gasteiger partial charge in [0.2, 0.25) is 17.7 Å². The molecule has 2 aliphatic heterocycles. The second-order valence-corrected chi connectivity index (χ2v) is 14.1. The Morgan fingerprint density at radius 3 is 2.50 bits per heavy atom. The Morgan fingerprint density at radius 1 is 1.09 bits per heavy atom. The maximum absolute atomic E-state index is 13.8. The summed E-state index contributed by atoms with van der Waals surface area (Å²) in [6, 6.07) is 14.7. The van der Waals surface area contributed by atoms with Gasteiger partial charge in [0.05, 0.1) is 36.3 Å². The zero-order valence-corrected chi connectivity index (χ0v) is 32.0. The molecule has 3 aromatic rings. The molecule has 4 heterocycles. The number of amidine groups is 1. The van der Waals surface area contributed by atoms with Crippen molar-refractivity contribution < 1.29 is 14.3 Å². The lowest BCUT2D eigenvalue weighted by Gasteiger charge is -2.29. The fourth-order valence-electron chi connectivity index (χ4n) is 6.44. The first kappa shape index (κ1) is 39.7. The molecule has 0 saturated carbocycles. The van der Waals surface area contributed by atoms with Crippen LogP contribution in [0.3, 0.4) is 0 Å². The third kappa shape index (κ3) is 10.4. The molecule has 14 nitrogen and oxygen atoms in total. The van der Waals surface area contributed by atoms with E-state index in [1.807, 2.05) is 64.0 Å². The summed E-state index contributed by atoms with van der Waals surface area (Å²) < 4.78 is 5.62. The van der Waals surface area contributed by atoms with Gasteiger partial charge in [-0.05, 0) is 83.6 Å². The first-order valence-corrected chi connectivity index (χ1v) is 18.5. The van der Waals surface area contributed by atoms with Crippen molar-refractivity contribution in [1.29, 1.82) is 10.8 Å². The van der Waals surface area contributed by atoms with Gasteiger partial charge in [-0.1, -0.05) is 30.3 Å². The Morgan fingerprint density at radius 2 is 1.85 bits per heavy atom. The van der Waals surface area contributed by atoms with Crippen molar-refractivity contribution in [3.8, 4) is 5.88 Å². The average Bonchev–Trinajstić information content (AvgIpc) is 3.63. The predicted molar refractivity (Wildman–Crippen MR) is 215 cm³/mol. The molecule has 0 radical (unpaired) electrons. The monoisotopic (exact) mass is 735 g/mol. The number of ether oxygens (including phenoxy) is 1. The Labute approximate surface area is 318 Å². The molecule has 2 amide bonds. The van der Waals surface area contributed by atoms with E-state index >= 15 is 0 Å². The number of hydrogen-bond acceptors (Lipinski definition) is 10. The van der Waals surface area contributed by atoms with Crippen molar-refractivity contribution >= 4 is 46.8 Å². The van der Waals surface area contributed by atoms with Gasteiger partial charge in [-0.2, -0.15) is 0 Å². The molecular formula is C40H53N11O3. The highest BCUT2D eigenvalue weighted by Crippen LogP contribution is 2.26. The maximum atomic E-state index is 13.8. The van der Waals surface area contributed by atoms with Gasteiger partial charge in [0.1, 0.15) is 11.5 Å². The van der Waals surface area contributed by atoms with Crippen molar-refractivity contribution in [2.45, 2.75) is 39.7 Å². The number of nitrogens with one attached hydrogen (secondary N) is 3. The Bertz CT molecular complexity index is 1860. The third-order valence-electron chi connectivity index (χ3n) is 9.45. The summed E-state index contributed by atoms with van der Waals surface area (Å²) in [6.45, 7) is 10.3. The number of nitrogens with zero attached hydrogens (tertiary/aromatic N) is 7. The fraction of sp³-hybridized carbons (Fsp3) is 0.425. The van der Waals surface area contributed by atoms with E-state index in [-0.39, 0.29) is 47.6 Å². The van der Waals surface area contributed by atoms with E-state index < -0.39 is 0 Å². The minimum atomic E-state index is -0.278. The summed E-state index contributed by atoms with van der Waals surface area (Å²) in [6.07, 6.45) is 6.60. The normalized spacial score (nSPS) is 16.2. The number of carbonyl (C=O) groups is 2. The number of nitrogen functional groups attached to an aromatic ring is 1. The minimum Gasteiger partial charge on any atom is -0.475 e. The van der Waals surface area contributed by atoms with E-state index in [4.69, 9.17) is 21.3 Å². The van der Waals surface area contributed by atoms with Crippen LogP contribution >= 0.6 is 0 Å². The minimum absolute atomic E-state index is 0.0186. The molecule has 0 unspecified atom stereocenters. The Balaban J connectivity index is 1.12. The van der Waals surface area contributed by atoms with E-state index in [2.05, 4.69) is 36.2 Å². The molecular weight excluding hydrogens is 683 g/mol. The van der Waals surface area contributed by atoms with Gasteiger partial charge in [0.15, 0.2) is 5.84 Å². The molecule has 1 aromatic carbocycles. The summed E-state index contributed by atoms with van der Waals surface area (Å²) in [5.41, 5.74) is 10.5. The smallest absolute Gasteiger partial charge is 0.237 e. The Hall–Kier alpha value is -5.47. The van der Waals surface area contributed by atoms with Gasteiger partial charge in [0, 0.05) is 62.7 Å². The SMILES string of the molecule is CCN(C(=O)[C@@H]1CCN(CC(=O)N2CC=C(c3ccc(C(=N)/N=C\NCCN(C)C)cc3)CC2)C1)c1ccc(N)c(C(=N)c2ccc(OC(C)C)nc2)n1. The van der Waals surface area contributed by atoms with E-state index in [0.717, 1.165) is 30.6 Å². The summed E-state index contributed by atoms with van der Waals surface area (Å²) in [5.74, 6) is 0.807. The number of rotatable bonds is 15. The molecule has 54 heavy (non-hydrogen) atoms.